The van der Waals surface area contributed by atoms with E-state index in [2.05, 4.69) is 57.5 Å². The smallest absolute Gasteiger partial charge is 0.134 e. The molecule has 0 aliphatic heterocycles. The number of aromatic nitrogens is 1. The molecule has 3 heteroatoms. The van der Waals surface area contributed by atoms with Gasteiger partial charge >= 0.3 is 0 Å². The topological polar surface area (TPSA) is 28.2 Å². The van der Waals surface area contributed by atoms with Crippen molar-refractivity contribution in [1.82, 2.24) is 10.3 Å². The highest BCUT2D eigenvalue weighted by molar-refractivity contribution is 5.52. The quantitative estimate of drug-likeness (QED) is 0.580. The average Bonchev–Trinajstić information content (AvgIpc) is 2.38. The van der Waals surface area contributed by atoms with Gasteiger partial charge in [-0.1, -0.05) is 13.0 Å². The van der Waals surface area contributed by atoms with Crippen LogP contribution in [0.25, 0.3) is 0 Å². The molecular formula is C17H29N3. The highest BCUT2D eigenvalue weighted by Gasteiger charge is 2.17. The lowest BCUT2D eigenvalue weighted by molar-refractivity contribution is 0.657. The number of nitrogens with one attached hydrogen (secondary N) is 1. The van der Waals surface area contributed by atoms with Crippen molar-refractivity contribution >= 4 is 5.82 Å². The van der Waals surface area contributed by atoms with Crippen molar-refractivity contribution in [3.63, 3.8) is 0 Å². The van der Waals surface area contributed by atoms with Gasteiger partial charge in [0.25, 0.3) is 0 Å². The first-order chi connectivity index (χ1) is 9.51. The van der Waals surface area contributed by atoms with E-state index < -0.39 is 0 Å². The fraction of sp³-hybridized carbons (Fsp3) is 0.588. The van der Waals surface area contributed by atoms with Gasteiger partial charge < -0.3 is 10.2 Å². The van der Waals surface area contributed by atoms with E-state index in [0.717, 1.165) is 37.6 Å². The zero-order valence-corrected chi connectivity index (χ0v) is 13.7. The van der Waals surface area contributed by atoms with Crippen molar-refractivity contribution in [2.45, 2.75) is 53.6 Å². The lowest BCUT2D eigenvalue weighted by atomic mass is 10.1. The molecule has 1 aromatic rings. The van der Waals surface area contributed by atoms with Crippen LogP contribution in [-0.2, 0) is 6.54 Å². The molecule has 3 nitrogen and oxygen atoms in total. The molecule has 0 aliphatic carbocycles. The van der Waals surface area contributed by atoms with Crippen LogP contribution in [0.2, 0.25) is 0 Å². The van der Waals surface area contributed by atoms with E-state index >= 15 is 0 Å². The van der Waals surface area contributed by atoms with Gasteiger partial charge in [0.1, 0.15) is 5.82 Å². The van der Waals surface area contributed by atoms with Crippen LogP contribution >= 0.6 is 0 Å². The highest BCUT2D eigenvalue weighted by Crippen LogP contribution is 2.24. The first kappa shape index (κ1) is 16.7. The second kappa shape index (κ2) is 8.05. The Kier molecular flexibility index (Phi) is 6.73. The van der Waals surface area contributed by atoms with Crippen LogP contribution in [0.1, 0.15) is 44.0 Å². The molecular weight excluding hydrogens is 246 g/mol. The molecule has 0 spiro atoms. The Bertz CT molecular complexity index is 438. The van der Waals surface area contributed by atoms with Gasteiger partial charge in [-0.3, -0.25) is 0 Å². The summed E-state index contributed by atoms with van der Waals surface area (Å²) in [7, 11) is 0. The molecule has 1 N–H and O–H groups in total. The van der Waals surface area contributed by atoms with Gasteiger partial charge in [0.15, 0.2) is 0 Å². The van der Waals surface area contributed by atoms with E-state index in [1.165, 1.54) is 11.1 Å². The Morgan fingerprint density at radius 1 is 1.40 bits per heavy atom. The van der Waals surface area contributed by atoms with Gasteiger partial charge in [-0.25, -0.2) is 4.98 Å². The fourth-order valence-electron chi connectivity index (χ4n) is 2.37. The van der Waals surface area contributed by atoms with E-state index in [4.69, 9.17) is 4.98 Å². The minimum atomic E-state index is 0.409. The third-order valence-corrected chi connectivity index (χ3v) is 3.40. The second-order valence-corrected chi connectivity index (χ2v) is 5.59. The van der Waals surface area contributed by atoms with E-state index in [0.29, 0.717) is 6.04 Å². The summed E-state index contributed by atoms with van der Waals surface area (Å²) < 4.78 is 0. The number of pyridine rings is 1. The molecule has 0 amide bonds. The molecule has 0 saturated heterocycles. The monoisotopic (exact) mass is 275 g/mol. The predicted molar refractivity (Wildman–Crippen MR) is 88.4 cm³/mol. The Hall–Kier alpha value is -1.35. The van der Waals surface area contributed by atoms with Crippen molar-refractivity contribution in [3.05, 3.63) is 35.5 Å². The number of rotatable bonds is 8. The molecule has 0 saturated carbocycles. The molecule has 1 heterocycles. The zero-order chi connectivity index (χ0) is 15.1. The third kappa shape index (κ3) is 4.34. The Morgan fingerprint density at radius 3 is 2.65 bits per heavy atom. The summed E-state index contributed by atoms with van der Waals surface area (Å²) in [6, 6.07) is 2.57. The number of nitrogens with zero attached hydrogens (tertiary/aromatic N) is 2. The second-order valence-electron chi connectivity index (χ2n) is 5.59. The first-order valence-electron chi connectivity index (χ1n) is 7.56. The number of hydrogen-bond acceptors (Lipinski definition) is 3. The summed E-state index contributed by atoms with van der Waals surface area (Å²) >= 11 is 0. The van der Waals surface area contributed by atoms with Crippen LogP contribution in [0.15, 0.2) is 18.7 Å². The molecule has 0 aromatic carbocycles. The average molecular weight is 275 g/mol. The molecule has 0 aliphatic rings. The molecule has 0 unspecified atom stereocenters. The van der Waals surface area contributed by atoms with Crippen molar-refractivity contribution in [2.24, 2.45) is 0 Å². The van der Waals surface area contributed by atoms with Crippen molar-refractivity contribution in [3.8, 4) is 0 Å². The minimum absolute atomic E-state index is 0.409. The van der Waals surface area contributed by atoms with Crippen LogP contribution in [-0.4, -0.2) is 24.1 Å². The highest BCUT2D eigenvalue weighted by atomic mass is 15.2. The maximum atomic E-state index is 4.79. The van der Waals surface area contributed by atoms with E-state index in [-0.39, 0.29) is 0 Å². The van der Waals surface area contributed by atoms with Crippen molar-refractivity contribution in [1.29, 1.82) is 0 Å². The number of hydrogen-bond donors (Lipinski definition) is 1. The van der Waals surface area contributed by atoms with Crippen LogP contribution in [0, 0.1) is 13.8 Å². The molecule has 1 rings (SSSR count). The first-order valence-corrected chi connectivity index (χ1v) is 7.56. The Morgan fingerprint density at radius 2 is 2.10 bits per heavy atom. The summed E-state index contributed by atoms with van der Waals surface area (Å²) in [6.45, 7) is 17.4. The summed E-state index contributed by atoms with van der Waals surface area (Å²) in [6.07, 6.45) is 3.09. The molecule has 0 radical (unpaired) electrons. The summed E-state index contributed by atoms with van der Waals surface area (Å²) in [5.41, 5.74) is 3.69. The molecule has 0 bridgehead atoms. The van der Waals surface area contributed by atoms with Gasteiger partial charge in [0.2, 0.25) is 0 Å². The summed E-state index contributed by atoms with van der Waals surface area (Å²) in [5, 5.41) is 3.50. The maximum Gasteiger partial charge on any atom is 0.134 e. The lowest BCUT2D eigenvalue weighted by Gasteiger charge is -2.30. The van der Waals surface area contributed by atoms with Crippen molar-refractivity contribution < 1.29 is 0 Å². The van der Waals surface area contributed by atoms with Gasteiger partial charge in [-0.2, -0.15) is 0 Å². The minimum Gasteiger partial charge on any atom is -0.350 e. The number of anilines is 1. The van der Waals surface area contributed by atoms with Gasteiger partial charge in [-0.15, -0.1) is 6.58 Å². The molecule has 1 aromatic heterocycles. The Labute approximate surface area is 124 Å². The number of aryl methyl sites for hydroxylation is 2. The summed E-state index contributed by atoms with van der Waals surface area (Å²) in [5.74, 6) is 1.10. The molecule has 112 valence electrons. The lowest BCUT2D eigenvalue weighted by Crippen LogP contribution is -2.33. The predicted octanol–water partition coefficient (Wildman–Crippen LogP) is 3.60. The fourth-order valence-corrected chi connectivity index (χ4v) is 2.37. The van der Waals surface area contributed by atoms with E-state index in [1.54, 1.807) is 0 Å². The molecule has 0 atom stereocenters. The van der Waals surface area contributed by atoms with Crippen LogP contribution < -0.4 is 10.2 Å². The van der Waals surface area contributed by atoms with E-state index in [1.807, 2.05) is 6.08 Å². The zero-order valence-electron chi connectivity index (χ0n) is 13.7. The normalized spacial score (nSPS) is 10.9. The molecule has 0 fully saturated rings. The Balaban J connectivity index is 3.15. The van der Waals surface area contributed by atoms with Crippen LogP contribution in [0.3, 0.4) is 0 Å². The largest absolute Gasteiger partial charge is 0.350 e. The SMILES string of the molecule is C=CCN(c1nc(C)cc(C)c1CNCCC)C(C)C. The van der Waals surface area contributed by atoms with Crippen molar-refractivity contribution in [2.75, 3.05) is 18.0 Å². The third-order valence-electron chi connectivity index (χ3n) is 3.40. The van der Waals surface area contributed by atoms with Gasteiger partial charge in [-0.05, 0) is 52.3 Å². The van der Waals surface area contributed by atoms with Gasteiger partial charge in [0, 0.05) is 30.4 Å². The maximum absolute atomic E-state index is 4.79. The molecule has 20 heavy (non-hydrogen) atoms. The van der Waals surface area contributed by atoms with Gasteiger partial charge in [0.05, 0.1) is 0 Å². The summed E-state index contributed by atoms with van der Waals surface area (Å²) in [4.78, 5) is 7.11. The standard InChI is InChI=1S/C17H29N3/c1-7-9-18-12-16-14(5)11-15(6)19-17(16)20(10-8-2)13(3)4/h8,11,13,18H,2,7,9-10,12H2,1,3-6H3. The van der Waals surface area contributed by atoms with Crippen LogP contribution in [0.4, 0.5) is 5.82 Å². The van der Waals surface area contributed by atoms with Crippen LogP contribution in [0.5, 0.6) is 0 Å². The van der Waals surface area contributed by atoms with E-state index in [9.17, 15) is 0 Å².